The summed E-state index contributed by atoms with van der Waals surface area (Å²) in [5.41, 5.74) is 0.598. The van der Waals surface area contributed by atoms with E-state index in [1.165, 1.54) is 12.1 Å². The van der Waals surface area contributed by atoms with Gasteiger partial charge in [-0.3, -0.25) is 0 Å². The average Bonchev–Trinajstić information content (AvgIpc) is 2.87. The first-order valence-corrected chi connectivity index (χ1v) is 6.70. The molecular weight excluding hydrogens is 245 g/mol. The zero-order valence-corrected chi connectivity index (χ0v) is 11.2. The second-order valence-corrected chi connectivity index (χ2v) is 4.89. The van der Waals surface area contributed by atoms with Crippen LogP contribution in [0.3, 0.4) is 0 Å². The number of nitrogens with one attached hydrogen (secondary N) is 2. The van der Waals surface area contributed by atoms with Crippen LogP contribution in [0.5, 0.6) is 0 Å². The number of amides is 2. The number of urea groups is 1. The number of likely N-dealkylation sites (tertiary alicyclic amines) is 1. The molecule has 0 radical (unpaired) electrons. The predicted octanol–water partition coefficient (Wildman–Crippen LogP) is 2.29. The van der Waals surface area contributed by atoms with E-state index in [-0.39, 0.29) is 11.8 Å². The summed E-state index contributed by atoms with van der Waals surface area (Å²) < 4.78 is 12.7. The molecule has 0 saturated carbocycles. The van der Waals surface area contributed by atoms with Gasteiger partial charge in [-0.2, -0.15) is 0 Å². The molecular formula is C14H20FN3O. The van der Waals surface area contributed by atoms with Crippen molar-refractivity contribution in [3.05, 3.63) is 30.1 Å². The maximum atomic E-state index is 12.7. The van der Waals surface area contributed by atoms with E-state index in [2.05, 4.69) is 22.5 Å². The molecule has 0 bridgehead atoms. The van der Waals surface area contributed by atoms with Gasteiger partial charge < -0.3 is 15.5 Å². The first-order valence-electron chi connectivity index (χ1n) is 6.70. The third kappa shape index (κ3) is 4.21. The van der Waals surface area contributed by atoms with Crippen LogP contribution in [-0.4, -0.2) is 37.1 Å². The molecule has 5 heteroatoms. The Morgan fingerprint density at radius 2 is 2.16 bits per heavy atom. The fourth-order valence-electron chi connectivity index (χ4n) is 2.31. The lowest BCUT2D eigenvalue weighted by molar-refractivity contribution is 0.250. The number of nitrogens with zero attached hydrogens (tertiary/aromatic N) is 1. The summed E-state index contributed by atoms with van der Waals surface area (Å²) in [6.07, 6.45) is 1.13. The first-order chi connectivity index (χ1) is 9.17. The van der Waals surface area contributed by atoms with Crippen LogP contribution in [0.4, 0.5) is 14.9 Å². The second kappa shape index (κ2) is 6.52. The normalized spacial score (nSPS) is 19.4. The van der Waals surface area contributed by atoms with E-state index >= 15 is 0 Å². The Labute approximate surface area is 113 Å². The molecule has 0 aromatic heterocycles. The minimum absolute atomic E-state index is 0.235. The van der Waals surface area contributed by atoms with E-state index in [0.29, 0.717) is 18.2 Å². The summed E-state index contributed by atoms with van der Waals surface area (Å²) in [6.45, 7) is 6.06. The highest BCUT2D eigenvalue weighted by molar-refractivity contribution is 5.89. The minimum atomic E-state index is -0.309. The number of rotatable bonds is 4. The molecule has 1 aromatic carbocycles. The van der Waals surface area contributed by atoms with Crippen molar-refractivity contribution >= 4 is 11.7 Å². The Bertz CT molecular complexity index is 421. The molecule has 1 heterocycles. The van der Waals surface area contributed by atoms with Crippen LogP contribution in [0.2, 0.25) is 0 Å². The Balaban J connectivity index is 1.71. The number of carbonyl (C=O) groups is 1. The summed E-state index contributed by atoms with van der Waals surface area (Å²) in [4.78, 5) is 14.1. The van der Waals surface area contributed by atoms with Crippen molar-refractivity contribution < 1.29 is 9.18 Å². The lowest BCUT2D eigenvalue weighted by atomic mass is 10.1. The van der Waals surface area contributed by atoms with Gasteiger partial charge in [0.2, 0.25) is 0 Å². The molecule has 19 heavy (non-hydrogen) atoms. The van der Waals surface area contributed by atoms with Crippen molar-refractivity contribution in [1.82, 2.24) is 10.2 Å². The fourth-order valence-corrected chi connectivity index (χ4v) is 2.31. The SMILES string of the molecule is CCN1CCC(CNC(=O)Nc2ccc(F)cc2)C1. The topological polar surface area (TPSA) is 44.4 Å². The Morgan fingerprint density at radius 1 is 1.42 bits per heavy atom. The van der Waals surface area contributed by atoms with E-state index in [0.717, 1.165) is 26.1 Å². The molecule has 104 valence electrons. The Hall–Kier alpha value is -1.62. The predicted molar refractivity (Wildman–Crippen MR) is 73.6 cm³/mol. The summed E-state index contributed by atoms with van der Waals surface area (Å²) >= 11 is 0. The first kappa shape index (κ1) is 13.8. The molecule has 2 N–H and O–H groups in total. The number of halogens is 1. The van der Waals surface area contributed by atoms with Gasteiger partial charge in [-0.25, -0.2) is 9.18 Å². The number of hydrogen-bond donors (Lipinski definition) is 2. The molecule has 4 nitrogen and oxygen atoms in total. The van der Waals surface area contributed by atoms with E-state index < -0.39 is 0 Å². The van der Waals surface area contributed by atoms with Crippen molar-refractivity contribution in [2.75, 3.05) is 31.5 Å². The van der Waals surface area contributed by atoms with Crippen molar-refractivity contribution in [2.45, 2.75) is 13.3 Å². The largest absolute Gasteiger partial charge is 0.338 e. The van der Waals surface area contributed by atoms with Gasteiger partial charge >= 0.3 is 6.03 Å². The molecule has 1 fully saturated rings. The van der Waals surface area contributed by atoms with Crippen molar-refractivity contribution in [2.24, 2.45) is 5.92 Å². The summed E-state index contributed by atoms with van der Waals surface area (Å²) in [6, 6.07) is 5.51. The highest BCUT2D eigenvalue weighted by Gasteiger charge is 2.21. The molecule has 1 unspecified atom stereocenters. The number of carbonyl (C=O) groups excluding carboxylic acids is 1. The van der Waals surface area contributed by atoms with Crippen LogP contribution in [0.15, 0.2) is 24.3 Å². The third-order valence-corrected chi connectivity index (χ3v) is 3.47. The van der Waals surface area contributed by atoms with Gasteiger partial charge in [0.1, 0.15) is 5.82 Å². The van der Waals surface area contributed by atoms with E-state index in [1.54, 1.807) is 12.1 Å². The van der Waals surface area contributed by atoms with Crippen LogP contribution in [0, 0.1) is 11.7 Å². The van der Waals surface area contributed by atoms with Gasteiger partial charge in [0.25, 0.3) is 0 Å². The van der Waals surface area contributed by atoms with Gasteiger partial charge in [-0.1, -0.05) is 6.92 Å². The molecule has 2 amide bonds. The van der Waals surface area contributed by atoms with Crippen molar-refractivity contribution in [3.63, 3.8) is 0 Å². The molecule has 0 aliphatic carbocycles. The maximum Gasteiger partial charge on any atom is 0.319 e. The van der Waals surface area contributed by atoms with Crippen molar-refractivity contribution in [3.8, 4) is 0 Å². The average molecular weight is 265 g/mol. The lowest BCUT2D eigenvalue weighted by Gasteiger charge is -2.14. The van der Waals surface area contributed by atoms with Gasteiger partial charge in [-0.15, -0.1) is 0 Å². The van der Waals surface area contributed by atoms with Crippen LogP contribution < -0.4 is 10.6 Å². The fraction of sp³-hybridized carbons (Fsp3) is 0.500. The Morgan fingerprint density at radius 3 is 2.79 bits per heavy atom. The standard InChI is InChI=1S/C14H20FN3O/c1-2-18-8-7-11(10-18)9-16-14(19)17-13-5-3-12(15)4-6-13/h3-6,11H,2,7-10H2,1H3,(H2,16,17,19). The monoisotopic (exact) mass is 265 g/mol. The molecule has 1 aliphatic rings. The minimum Gasteiger partial charge on any atom is -0.338 e. The second-order valence-electron chi connectivity index (χ2n) is 4.89. The van der Waals surface area contributed by atoms with Gasteiger partial charge in [0, 0.05) is 18.8 Å². The molecule has 1 aliphatic heterocycles. The van der Waals surface area contributed by atoms with Crippen LogP contribution >= 0.6 is 0 Å². The summed E-state index contributed by atoms with van der Waals surface area (Å²) in [7, 11) is 0. The maximum absolute atomic E-state index is 12.7. The van der Waals surface area contributed by atoms with Crippen LogP contribution in [0.25, 0.3) is 0 Å². The van der Waals surface area contributed by atoms with E-state index in [1.807, 2.05) is 0 Å². The molecule has 1 aromatic rings. The lowest BCUT2D eigenvalue weighted by Crippen LogP contribution is -2.34. The zero-order valence-electron chi connectivity index (χ0n) is 11.2. The van der Waals surface area contributed by atoms with Crippen molar-refractivity contribution in [1.29, 1.82) is 0 Å². The highest BCUT2D eigenvalue weighted by atomic mass is 19.1. The number of hydrogen-bond acceptors (Lipinski definition) is 2. The Kier molecular flexibility index (Phi) is 4.74. The van der Waals surface area contributed by atoms with Crippen LogP contribution in [-0.2, 0) is 0 Å². The number of benzene rings is 1. The molecule has 1 saturated heterocycles. The highest BCUT2D eigenvalue weighted by Crippen LogP contribution is 2.14. The van der Waals surface area contributed by atoms with E-state index in [4.69, 9.17) is 0 Å². The molecule has 0 spiro atoms. The van der Waals surface area contributed by atoms with E-state index in [9.17, 15) is 9.18 Å². The van der Waals surface area contributed by atoms with Gasteiger partial charge in [-0.05, 0) is 49.7 Å². The van der Waals surface area contributed by atoms with Crippen LogP contribution in [0.1, 0.15) is 13.3 Å². The quantitative estimate of drug-likeness (QED) is 0.877. The smallest absolute Gasteiger partial charge is 0.319 e. The van der Waals surface area contributed by atoms with Gasteiger partial charge in [0.15, 0.2) is 0 Å². The number of anilines is 1. The summed E-state index contributed by atoms with van der Waals surface area (Å²) in [5.74, 6) is 0.218. The molecule has 2 rings (SSSR count). The third-order valence-electron chi connectivity index (χ3n) is 3.47. The summed E-state index contributed by atoms with van der Waals surface area (Å²) in [5, 5.41) is 5.55. The molecule has 1 atom stereocenters. The zero-order chi connectivity index (χ0) is 13.7. The van der Waals surface area contributed by atoms with Gasteiger partial charge in [0.05, 0.1) is 0 Å².